The minimum atomic E-state index is -5.06. The van der Waals surface area contributed by atoms with Crippen LogP contribution < -0.4 is 19.9 Å². The largest absolute Gasteiger partial charge is 0.497 e. The molecule has 7 aromatic rings. The number of alkyl halides is 7. The molecule has 3 aromatic carbocycles. The lowest BCUT2D eigenvalue weighted by Crippen LogP contribution is -2.38. The van der Waals surface area contributed by atoms with Gasteiger partial charge in [0.05, 0.1) is 53.0 Å². The average Bonchev–Trinajstić information content (AvgIpc) is 3.78. The van der Waals surface area contributed by atoms with Gasteiger partial charge in [-0.15, -0.1) is 0 Å². The van der Waals surface area contributed by atoms with Crippen molar-refractivity contribution in [3.8, 4) is 11.4 Å². The molecule has 0 bridgehead atoms. The summed E-state index contributed by atoms with van der Waals surface area (Å²) in [7, 11) is -1.39. The molecule has 14 nitrogen and oxygen atoms in total. The molecular formula is C43H33ClF9N9O5S. The molecule has 9 rings (SSSR count). The van der Waals surface area contributed by atoms with Crippen molar-refractivity contribution < 1.29 is 57.5 Å². The van der Waals surface area contributed by atoms with Gasteiger partial charge in [0.15, 0.2) is 11.5 Å². The minimum Gasteiger partial charge on any atom is -0.497 e. The van der Waals surface area contributed by atoms with Crippen LogP contribution >= 0.6 is 11.6 Å². The zero-order valence-electron chi connectivity index (χ0n) is 35.3. The van der Waals surface area contributed by atoms with Crippen molar-refractivity contribution in [3.63, 3.8) is 0 Å². The Morgan fingerprint density at radius 3 is 2.32 bits per heavy atom. The zero-order valence-corrected chi connectivity index (χ0v) is 36.9. The Balaban J connectivity index is 1.25. The number of carbonyl (C=O) groups is 1. The van der Waals surface area contributed by atoms with E-state index in [2.05, 4.69) is 25.5 Å². The van der Waals surface area contributed by atoms with Crippen molar-refractivity contribution in [1.82, 2.24) is 39.4 Å². The Hall–Kier alpha value is -6.69. The van der Waals surface area contributed by atoms with E-state index in [-0.39, 0.29) is 51.5 Å². The lowest BCUT2D eigenvalue weighted by atomic mass is 10.0. The van der Waals surface area contributed by atoms with Gasteiger partial charge in [-0.1, -0.05) is 23.7 Å². The van der Waals surface area contributed by atoms with Crippen LogP contribution in [0.3, 0.4) is 0 Å². The number of hydrogen-bond acceptors (Lipinski definition) is 9. The molecule has 2 aliphatic carbocycles. The van der Waals surface area contributed by atoms with Gasteiger partial charge in [0.2, 0.25) is 15.9 Å². The average molecular weight is 994 g/mol. The van der Waals surface area contributed by atoms with Gasteiger partial charge in [-0.05, 0) is 72.0 Å². The predicted molar refractivity (Wildman–Crippen MR) is 226 cm³/mol. The smallest absolute Gasteiger partial charge is 0.433 e. The summed E-state index contributed by atoms with van der Waals surface area (Å²) in [4.78, 5) is 37.0. The number of rotatable bonds is 13. The van der Waals surface area contributed by atoms with Crippen LogP contribution in [0.2, 0.25) is 5.02 Å². The number of aryl methyl sites for hydroxylation is 1. The molecule has 0 unspecified atom stereocenters. The molecule has 0 aliphatic heterocycles. The summed E-state index contributed by atoms with van der Waals surface area (Å²) in [5, 5.41) is 9.93. The summed E-state index contributed by atoms with van der Waals surface area (Å²) >= 11 is 6.80. The summed E-state index contributed by atoms with van der Waals surface area (Å²) in [6.07, 6.45) is -8.23. The van der Waals surface area contributed by atoms with Gasteiger partial charge in [0.25, 0.3) is 17.9 Å². The number of hydrogen-bond donors (Lipinski definition) is 1. The van der Waals surface area contributed by atoms with Crippen molar-refractivity contribution in [2.24, 2.45) is 13.0 Å². The molecule has 1 saturated carbocycles. The molecule has 25 heteroatoms. The van der Waals surface area contributed by atoms with Crippen molar-refractivity contribution in [1.29, 1.82) is 0 Å². The van der Waals surface area contributed by atoms with Crippen LogP contribution in [0.5, 0.6) is 5.75 Å². The number of sulfonamides is 1. The number of carbonyl (C=O) groups excluding carboxylic acids is 1. The normalized spacial score (nSPS) is 16.9. The van der Waals surface area contributed by atoms with Crippen LogP contribution in [0.1, 0.15) is 64.4 Å². The fourth-order valence-corrected chi connectivity index (χ4v) is 9.83. The molecular weight excluding hydrogens is 961 g/mol. The predicted octanol–water partition coefficient (Wildman–Crippen LogP) is 8.04. The van der Waals surface area contributed by atoms with Crippen molar-refractivity contribution in [3.05, 3.63) is 133 Å². The molecule has 1 fully saturated rings. The van der Waals surface area contributed by atoms with Crippen molar-refractivity contribution >= 4 is 55.3 Å². The van der Waals surface area contributed by atoms with Crippen molar-refractivity contribution in [2.75, 3.05) is 17.7 Å². The van der Waals surface area contributed by atoms with Crippen LogP contribution in [0.15, 0.2) is 71.5 Å². The second-order valence-corrected chi connectivity index (χ2v) is 18.6. The summed E-state index contributed by atoms with van der Waals surface area (Å²) in [6, 6.07) is 10.6. The number of anilines is 1. The van der Waals surface area contributed by atoms with E-state index in [9.17, 15) is 48.7 Å². The fraction of sp³-hybridized carbons (Fsp3) is 0.302. The minimum absolute atomic E-state index is 0.0665. The van der Waals surface area contributed by atoms with Crippen LogP contribution in [-0.2, 0) is 53.5 Å². The summed E-state index contributed by atoms with van der Waals surface area (Å²) in [5.41, 5.74) is -5.69. The third kappa shape index (κ3) is 8.15. The van der Waals surface area contributed by atoms with Gasteiger partial charge in [-0.3, -0.25) is 23.5 Å². The lowest BCUT2D eigenvalue weighted by molar-refractivity contribution is -0.141. The molecule has 68 heavy (non-hydrogen) atoms. The maximum absolute atomic E-state index is 15.5. The summed E-state index contributed by atoms with van der Waals surface area (Å²) in [6.45, 7) is -1.44. The van der Waals surface area contributed by atoms with E-state index < -0.39 is 116 Å². The van der Waals surface area contributed by atoms with E-state index in [1.54, 1.807) is 24.3 Å². The van der Waals surface area contributed by atoms with Gasteiger partial charge in [0.1, 0.15) is 46.8 Å². The zero-order chi connectivity index (χ0) is 48.9. The highest BCUT2D eigenvalue weighted by Crippen LogP contribution is 2.68. The molecule has 2 aliphatic rings. The highest BCUT2D eigenvalue weighted by molar-refractivity contribution is 7.92. The number of halogens is 10. The van der Waals surface area contributed by atoms with E-state index in [0.29, 0.717) is 28.1 Å². The summed E-state index contributed by atoms with van der Waals surface area (Å²) < 4.78 is 167. The number of pyridine rings is 1. The number of nitrogens with zero attached hydrogens (tertiary/aromatic N) is 8. The highest BCUT2D eigenvalue weighted by atomic mass is 35.5. The Morgan fingerprint density at radius 2 is 1.69 bits per heavy atom. The van der Waals surface area contributed by atoms with E-state index in [1.165, 1.54) is 26.3 Å². The van der Waals surface area contributed by atoms with E-state index in [1.807, 2.05) is 0 Å². The van der Waals surface area contributed by atoms with E-state index in [4.69, 9.17) is 16.3 Å². The van der Waals surface area contributed by atoms with Crippen LogP contribution in [0, 0.1) is 17.6 Å². The molecule has 1 N–H and O–H groups in total. The maximum atomic E-state index is 15.5. The Bertz CT molecular complexity index is 3360. The molecule has 0 spiro atoms. The Labute approximate surface area is 383 Å². The second kappa shape index (κ2) is 16.5. The number of fused-ring (bicyclic) bond motifs is 5. The standard InChI is InChI=1S/C43H33ClF9N9O5S/c1-59-35-29(10-9-27(44)33(35)40(58-59)61(68(3,65)66)17-19-4-6-23(67-2)7-5-19)62-39(56-38-24(41(62)64)8-11-30(55-38)43(51,52)53)28(14-20-12-21(45)15-22(46)13-20)54-31(63)18-60-36-32(34(57-60)37(47)48)25-16-26(25)42(36,49)50/h4-13,15,25-26,28,37H,14,16-18H2,1-3H3,(H,54,63)/t25-,26+,28-/m0/s1. The molecule has 0 radical (unpaired) electrons. The van der Waals surface area contributed by atoms with E-state index >= 15 is 8.78 Å². The highest BCUT2D eigenvalue weighted by Gasteiger charge is 2.67. The first-order valence-electron chi connectivity index (χ1n) is 20.2. The number of methoxy groups -OCH3 is 1. The topological polar surface area (TPSA) is 159 Å². The maximum Gasteiger partial charge on any atom is 0.433 e. The Morgan fingerprint density at radius 1 is 1.00 bits per heavy atom. The first-order valence-corrected chi connectivity index (χ1v) is 22.5. The molecule has 4 aromatic heterocycles. The second-order valence-electron chi connectivity index (χ2n) is 16.3. The Kier molecular flexibility index (Phi) is 11.3. The van der Waals surface area contributed by atoms with Gasteiger partial charge in [-0.2, -0.15) is 32.1 Å². The third-order valence-corrected chi connectivity index (χ3v) is 13.2. The van der Waals surface area contributed by atoms with Crippen LogP contribution in [0.25, 0.3) is 27.6 Å². The first kappa shape index (κ1) is 46.4. The third-order valence-electron chi connectivity index (χ3n) is 11.8. The number of nitrogens with one attached hydrogen (secondary N) is 1. The SMILES string of the molecule is COc1ccc(CN(c2nn(C)c3c(-n4c([C@H](Cc5cc(F)cc(F)c5)NC(=O)Cn5nc(C(F)F)c6c5C(F)(F)[C@@H]5C[C@H]65)nc5nc(C(F)(F)F)ccc5c4=O)ccc(Cl)c23)S(C)(=O)=O)cc1. The monoisotopic (exact) mass is 993 g/mol. The molecule has 4 heterocycles. The number of aromatic nitrogens is 7. The number of ether oxygens (including phenoxy) is 1. The van der Waals surface area contributed by atoms with Gasteiger partial charge >= 0.3 is 6.18 Å². The van der Waals surface area contributed by atoms with Crippen LogP contribution in [-0.4, -0.2) is 61.8 Å². The molecule has 356 valence electrons. The van der Waals surface area contributed by atoms with Crippen molar-refractivity contribution in [2.45, 2.75) is 56.4 Å². The van der Waals surface area contributed by atoms with Gasteiger partial charge < -0.3 is 10.1 Å². The summed E-state index contributed by atoms with van der Waals surface area (Å²) in [5.74, 6) is -9.72. The fourth-order valence-electron chi connectivity index (χ4n) is 8.77. The van der Waals surface area contributed by atoms with E-state index in [0.717, 1.165) is 38.0 Å². The molecule has 0 saturated heterocycles. The van der Waals surface area contributed by atoms with Crippen LogP contribution in [0.4, 0.5) is 45.3 Å². The first-order chi connectivity index (χ1) is 32.0. The number of amides is 1. The number of benzene rings is 3. The lowest BCUT2D eigenvalue weighted by Gasteiger charge is -2.24. The van der Waals surface area contributed by atoms with Gasteiger partial charge in [0, 0.05) is 31.0 Å². The molecule has 1 amide bonds. The molecule has 3 atom stereocenters. The quantitative estimate of drug-likeness (QED) is 0.113. The van der Waals surface area contributed by atoms with Gasteiger partial charge in [-0.25, -0.2) is 40.3 Å².